The maximum Gasteiger partial charge on any atom is 0.270 e. The SMILES string of the molecule is CCn1nccc1C(=O)N[C@H](C(=O)Nc1ccc([C@H](C)[C@@H](NC(=O)[C@@H](C)F)C(=O)N2CCN(C)CC2)cc1F)[C@H]1CC[C@H](C)CC1. The van der Waals surface area contributed by atoms with Gasteiger partial charge in [-0.25, -0.2) is 8.78 Å². The van der Waals surface area contributed by atoms with Gasteiger partial charge < -0.3 is 25.8 Å². The van der Waals surface area contributed by atoms with Crippen LogP contribution in [0.2, 0.25) is 0 Å². The maximum absolute atomic E-state index is 15.6. The molecule has 0 spiro atoms. The summed E-state index contributed by atoms with van der Waals surface area (Å²) in [6.07, 6.45) is 3.04. The molecule has 1 aliphatic carbocycles. The van der Waals surface area contributed by atoms with Crippen LogP contribution in [0.4, 0.5) is 14.5 Å². The first-order chi connectivity index (χ1) is 21.9. The Kier molecular flexibility index (Phi) is 11.9. The van der Waals surface area contributed by atoms with E-state index in [0.29, 0.717) is 49.9 Å². The summed E-state index contributed by atoms with van der Waals surface area (Å²) in [7, 11) is 1.95. The molecule has 0 radical (unpaired) electrons. The maximum atomic E-state index is 15.6. The summed E-state index contributed by atoms with van der Waals surface area (Å²) in [6.45, 7) is 9.51. The van der Waals surface area contributed by atoms with Crippen molar-refractivity contribution in [3.05, 3.63) is 47.5 Å². The normalized spacial score (nSPS) is 21.5. The van der Waals surface area contributed by atoms with E-state index in [1.54, 1.807) is 28.6 Å². The fourth-order valence-electron chi connectivity index (χ4n) is 6.22. The summed E-state index contributed by atoms with van der Waals surface area (Å²) < 4.78 is 31.0. The van der Waals surface area contributed by atoms with Crippen molar-refractivity contribution in [2.75, 3.05) is 38.5 Å². The number of anilines is 1. The molecule has 4 amide bonds. The summed E-state index contributed by atoms with van der Waals surface area (Å²) in [6, 6.07) is 3.79. The second-order valence-electron chi connectivity index (χ2n) is 12.8. The van der Waals surface area contributed by atoms with E-state index in [2.05, 4.69) is 32.9 Å². The van der Waals surface area contributed by atoms with Crippen molar-refractivity contribution in [3.63, 3.8) is 0 Å². The molecule has 11 nitrogen and oxygen atoms in total. The Morgan fingerprint density at radius 3 is 2.26 bits per heavy atom. The molecule has 3 N–H and O–H groups in total. The lowest BCUT2D eigenvalue weighted by Crippen LogP contribution is -2.56. The molecule has 1 aromatic heterocycles. The molecule has 2 fully saturated rings. The number of hydrogen-bond acceptors (Lipinski definition) is 6. The Bertz CT molecular complexity index is 1380. The smallest absolute Gasteiger partial charge is 0.270 e. The zero-order valence-electron chi connectivity index (χ0n) is 27.4. The molecule has 2 aliphatic rings. The number of amides is 4. The van der Waals surface area contributed by atoms with Gasteiger partial charge in [0, 0.05) is 44.8 Å². The third kappa shape index (κ3) is 8.48. The van der Waals surface area contributed by atoms with Crippen molar-refractivity contribution in [2.24, 2.45) is 11.8 Å². The van der Waals surface area contributed by atoms with Crippen LogP contribution in [-0.2, 0) is 20.9 Å². The molecular weight excluding hydrogens is 596 g/mol. The Hall–Kier alpha value is -3.87. The van der Waals surface area contributed by atoms with Gasteiger partial charge in [0.25, 0.3) is 11.8 Å². The molecular formula is C33H47F2N7O4. The predicted octanol–water partition coefficient (Wildman–Crippen LogP) is 3.33. The molecule has 1 saturated heterocycles. The fraction of sp³-hybridized carbons (Fsp3) is 0.606. The van der Waals surface area contributed by atoms with Crippen LogP contribution in [-0.4, -0.2) is 94.7 Å². The number of rotatable bonds is 11. The highest BCUT2D eigenvalue weighted by atomic mass is 19.1. The average molecular weight is 644 g/mol. The first-order valence-electron chi connectivity index (χ1n) is 16.2. The molecule has 1 aromatic carbocycles. The van der Waals surface area contributed by atoms with Gasteiger partial charge in [-0.05, 0) is 69.3 Å². The number of hydrogen-bond donors (Lipinski definition) is 3. The predicted molar refractivity (Wildman–Crippen MR) is 170 cm³/mol. The average Bonchev–Trinajstić information content (AvgIpc) is 3.52. The van der Waals surface area contributed by atoms with E-state index < -0.39 is 47.7 Å². The summed E-state index contributed by atoms with van der Waals surface area (Å²) in [5.74, 6) is -3.27. The van der Waals surface area contributed by atoms with Crippen molar-refractivity contribution >= 4 is 29.3 Å². The number of nitrogens with zero attached hydrogens (tertiary/aromatic N) is 4. The van der Waals surface area contributed by atoms with Crippen LogP contribution >= 0.6 is 0 Å². The lowest BCUT2D eigenvalue weighted by Gasteiger charge is -2.36. The quantitative estimate of drug-likeness (QED) is 0.345. The number of halogens is 2. The second kappa shape index (κ2) is 15.6. The van der Waals surface area contributed by atoms with Gasteiger partial charge in [-0.3, -0.25) is 23.9 Å². The van der Waals surface area contributed by atoms with Crippen molar-refractivity contribution < 1.29 is 28.0 Å². The number of likely N-dealkylation sites (N-methyl/N-ethyl adjacent to an activating group) is 1. The Morgan fingerprint density at radius 1 is 0.978 bits per heavy atom. The minimum atomic E-state index is -1.83. The molecule has 1 aliphatic heterocycles. The van der Waals surface area contributed by atoms with Crippen molar-refractivity contribution in [1.29, 1.82) is 0 Å². The van der Waals surface area contributed by atoms with Crippen LogP contribution in [0.1, 0.15) is 75.3 Å². The fourth-order valence-corrected chi connectivity index (χ4v) is 6.22. The molecule has 0 unspecified atom stereocenters. The van der Waals surface area contributed by atoms with Crippen molar-refractivity contribution in [3.8, 4) is 0 Å². The number of benzene rings is 1. The van der Waals surface area contributed by atoms with Crippen LogP contribution in [0.3, 0.4) is 0 Å². The zero-order chi connectivity index (χ0) is 33.5. The highest BCUT2D eigenvalue weighted by Gasteiger charge is 2.36. The Morgan fingerprint density at radius 2 is 1.65 bits per heavy atom. The van der Waals surface area contributed by atoms with E-state index in [0.717, 1.165) is 32.6 Å². The monoisotopic (exact) mass is 643 g/mol. The first-order valence-corrected chi connectivity index (χ1v) is 16.2. The lowest BCUT2D eigenvalue weighted by atomic mass is 9.79. The minimum Gasteiger partial charge on any atom is -0.341 e. The number of aryl methyl sites for hydroxylation is 1. The number of aromatic nitrogens is 2. The highest BCUT2D eigenvalue weighted by Crippen LogP contribution is 2.32. The Balaban J connectivity index is 1.53. The van der Waals surface area contributed by atoms with Gasteiger partial charge in [-0.1, -0.05) is 32.8 Å². The molecule has 1 saturated carbocycles. The van der Waals surface area contributed by atoms with E-state index in [4.69, 9.17) is 0 Å². The summed E-state index contributed by atoms with van der Waals surface area (Å²) >= 11 is 0. The summed E-state index contributed by atoms with van der Waals surface area (Å²) in [5.41, 5.74) is 0.656. The van der Waals surface area contributed by atoms with Gasteiger partial charge in [0.15, 0.2) is 6.17 Å². The molecule has 2 heterocycles. The number of carbonyl (C=O) groups is 4. The highest BCUT2D eigenvalue weighted by molar-refractivity contribution is 6.00. The number of piperazine rings is 1. The molecule has 4 rings (SSSR count). The number of carbonyl (C=O) groups excluding carboxylic acids is 4. The minimum absolute atomic E-state index is 0.0775. The van der Waals surface area contributed by atoms with Crippen molar-refractivity contribution in [2.45, 2.75) is 84.1 Å². The van der Waals surface area contributed by atoms with Gasteiger partial charge >= 0.3 is 0 Å². The van der Waals surface area contributed by atoms with E-state index in [1.165, 1.54) is 18.3 Å². The van der Waals surface area contributed by atoms with E-state index in [1.807, 2.05) is 14.0 Å². The lowest BCUT2D eigenvalue weighted by molar-refractivity contribution is -0.139. The van der Waals surface area contributed by atoms with Gasteiger partial charge in [0.1, 0.15) is 23.6 Å². The third-order valence-corrected chi connectivity index (χ3v) is 9.37. The Labute approximate surface area is 269 Å². The largest absolute Gasteiger partial charge is 0.341 e. The van der Waals surface area contributed by atoms with Crippen LogP contribution < -0.4 is 16.0 Å². The van der Waals surface area contributed by atoms with Crippen LogP contribution in [0.5, 0.6) is 0 Å². The second-order valence-corrected chi connectivity index (χ2v) is 12.8. The molecule has 46 heavy (non-hydrogen) atoms. The number of nitrogens with one attached hydrogen (secondary N) is 3. The zero-order valence-corrected chi connectivity index (χ0v) is 27.4. The van der Waals surface area contributed by atoms with E-state index >= 15 is 4.39 Å². The van der Waals surface area contributed by atoms with E-state index in [9.17, 15) is 23.6 Å². The summed E-state index contributed by atoms with van der Waals surface area (Å²) in [4.78, 5) is 56.4. The summed E-state index contributed by atoms with van der Waals surface area (Å²) in [5, 5.41) is 12.2. The third-order valence-electron chi connectivity index (χ3n) is 9.37. The van der Waals surface area contributed by atoms with Gasteiger partial charge in [-0.15, -0.1) is 0 Å². The van der Waals surface area contributed by atoms with Crippen LogP contribution in [0, 0.1) is 17.7 Å². The van der Waals surface area contributed by atoms with Crippen molar-refractivity contribution in [1.82, 2.24) is 30.2 Å². The molecule has 13 heteroatoms. The molecule has 0 bridgehead atoms. The van der Waals surface area contributed by atoms with Gasteiger partial charge in [-0.2, -0.15) is 5.10 Å². The van der Waals surface area contributed by atoms with E-state index in [-0.39, 0.29) is 17.5 Å². The first kappa shape index (κ1) is 35.0. The van der Waals surface area contributed by atoms with Gasteiger partial charge in [0.05, 0.1) is 5.69 Å². The standard InChI is InChI=1S/C33H47F2N7O4/c1-6-42-27(13-14-36-42)31(44)39-29(23-9-7-20(2)8-10-23)32(45)37-26-12-11-24(19-25(26)35)21(3)28(38-30(43)22(4)34)33(46)41-17-15-40(5)16-18-41/h11-14,19-23,28-29H,6-10,15-18H2,1-5H3,(H,37,45)(H,38,43)(H,39,44)/t20-,21-,22+,23-,28+,29-/m0/s1. The van der Waals surface area contributed by atoms with Gasteiger partial charge in [0.2, 0.25) is 11.8 Å². The number of alkyl halides is 1. The molecule has 2 aromatic rings. The van der Waals surface area contributed by atoms with Crippen LogP contribution in [0.25, 0.3) is 0 Å². The topological polar surface area (TPSA) is 129 Å². The molecule has 4 atom stereocenters. The van der Waals surface area contributed by atoms with Crippen LogP contribution in [0.15, 0.2) is 30.5 Å². The molecule has 252 valence electrons.